The first-order chi connectivity index (χ1) is 7.15. The molecule has 0 amide bonds. The third-order valence-electron chi connectivity index (χ3n) is 2.15. The zero-order chi connectivity index (χ0) is 11.0. The van der Waals surface area contributed by atoms with E-state index < -0.39 is 0 Å². The number of ether oxygens (including phenoxy) is 1. The SMILES string of the molecule is COc1c(C(C)=O)sc2c(Cl)cccc12. The van der Waals surface area contributed by atoms with Crippen LogP contribution in [0.2, 0.25) is 5.02 Å². The normalized spacial score (nSPS) is 10.6. The maximum atomic E-state index is 11.4. The molecule has 0 N–H and O–H groups in total. The summed E-state index contributed by atoms with van der Waals surface area (Å²) in [6, 6.07) is 5.57. The van der Waals surface area contributed by atoms with Crippen molar-refractivity contribution in [1.29, 1.82) is 0 Å². The Labute approximate surface area is 96.4 Å². The van der Waals surface area contributed by atoms with Crippen LogP contribution in [0.15, 0.2) is 18.2 Å². The number of hydrogen-bond acceptors (Lipinski definition) is 3. The molecule has 0 aliphatic heterocycles. The number of ketones is 1. The van der Waals surface area contributed by atoms with Crippen LogP contribution in [0.4, 0.5) is 0 Å². The molecule has 0 saturated heterocycles. The van der Waals surface area contributed by atoms with Crippen molar-refractivity contribution in [2.24, 2.45) is 0 Å². The third kappa shape index (κ3) is 1.62. The predicted octanol–water partition coefficient (Wildman–Crippen LogP) is 3.77. The fraction of sp³-hybridized carbons (Fsp3) is 0.182. The van der Waals surface area contributed by atoms with Crippen LogP contribution < -0.4 is 4.74 Å². The number of Topliss-reactive ketones (excluding diaryl/α,β-unsaturated/α-hetero) is 1. The topological polar surface area (TPSA) is 26.3 Å². The van der Waals surface area contributed by atoms with Crippen molar-refractivity contribution in [3.8, 4) is 5.75 Å². The molecule has 1 heterocycles. The highest BCUT2D eigenvalue weighted by molar-refractivity contribution is 7.22. The lowest BCUT2D eigenvalue weighted by molar-refractivity contribution is 0.101. The van der Waals surface area contributed by atoms with Crippen LogP contribution in [0.1, 0.15) is 16.6 Å². The molecule has 78 valence electrons. The second kappa shape index (κ2) is 3.83. The zero-order valence-corrected chi connectivity index (χ0v) is 9.91. The minimum absolute atomic E-state index is 0.00381. The van der Waals surface area contributed by atoms with Gasteiger partial charge in [0.25, 0.3) is 0 Å². The number of hydrogen-bond donors (Lipinski definition) is 0. The first-order valence-electron chi connectivity index (χ1n) is 4.41. The van der Waals surface area contributed by atoms with E-state index in [4.69, 9.17) is 16.3 Å². The average molecular weight is 241 g/mol. The van der Waals surface area contributed by atoms with Gasteiger partial charge in [0.15, 0.2) is 5.78 Å². The Morgan fingerprint density at radius 1 is 1.47 bits per heavy atom. The van der Waals surface area contributed by atoms with Gasteiger partial charge in [0.05, 0.1) is 16.8 Å². The number of carbonyl (C=O) groups excluding carboxylic acids is 1. The van der Waals surface area contributed by atoms with Gasteiger partial charge in [0, 0.05) is 12.3 Å². The Morgan fingerprint density at radius 3 is 2.80 bits per heavy atom. The molecule has 1 aromatic carbocycles. The van der Waals surface area contributed by atoms with Crippen LogP contribution in [-0.2, 0) is 0 Å². The van der Waals surface area contributed by atoms with Gasteiger partial charge in [0.1, 0.15) is 10.6 Å². The van der Waals surface area contributed by atoms with Crippen molar-refractivity contribution in [2.75, 3.05) is 7.11 Å². The van der Waals surface area contributed by atoms with E-state index in [1.165, 1.54) is 18.3 Å². The summed E-state index contributed by atoms with van der Waals surface area (Å²) in [6.45, 7) is 1.53. The zero-order valence-electron chi connectivity index (χ0n) is 8.33. The lowest BCUT2D eigenvalue weighted by atomic mass is 10.2. The summed E-state index contributed by atoms with van der Waals surface area (Å²) >= 11 is 7.42. The van der Waals surface area contributed by atoms with Gasteiger partial charge in [-0.2, -0.15) is 0 Å². The molecular formula is C11H9ClO2S. The highest BCUT2D eigenvalue weighted by Crippen LogP contribution is 2.41. The van der Waals surface area contributed by atoms with Crippen LogP contribution in [0.25, 0.3) is 10.1 Å². The molecule has 2 aromatic rings. The van der Waals surface area contributed by atoms with Gasteiger partial charge in [-0.15, -0.1) is 11.3 Å². The van der Waals surface area contributed by atoms with Gasteiger partial charge in [-0.25, -0.2) is 0 Å². The summed E-state index contributed by atoms with van der Waals surface area (Å²) in [6.07, 6.45) is 0. The second-order valence-electron chi connectivity index (χ2n) is 3.14. The lowest BCUT2D eigenvalue weighted by Gasteiger charge is -1.99. The summed E-state index contributed by atoms with van der Waals surface area (Å²) < 4.78 is 6.15. The number of benzene rings is 1. The molecule has 0 spiro atoms. The van der Waals surface area contributed by atoms with Gasteiger partial charge in [-0.3, -0.25) is 4.79 Å². The molecular weight excluding hydrogens is 232 g/mol. The second-order valence-corrected chi connectivity index (χ2v) is 4.56. The molecule has 4 heteroatoms. The van der Waals surface area contributed by atoms with Crippen LogP contribution >= 0.6 is 22.9 Å². The number of halogens is 1. The largest absolute Gasteiger partial charge is 0.494 e. The standard InChI is InChI=1S/C11H9ClO2S/c1-6(13)10-9(14-2)7-4-3-5-8(12)11(7)15-10/h3-5H,1-2H3. The minimum Gasteiger partial charge on any atom is -0.494 e. The molecule has 0 unspecified atom stereocenters. The van der Waals surface area contributed by atoms with E-state index in [1.54, 1.807) is 7.11 Å². The van der Waals surface area contributed by atoms with Gasteiger partial charge in [0.2, 0.25) is 0 Å². The molecule has 1 aromatic heterocycles. The fourth-order valence-electron chi connectivity index (χ4n) is 1.50. The summed E-state index contributed by atoms with van der Waals surface area (Å²) in [7, 11) is 1.56. The van der Waals surface area contributed by atoms with Gasteiger partial charge in [-0.05, 0) is 12.1 Å². The third-order valence-corrected chi connectivity index (χ3v) is 3.89. The number of rotatable bonds is 2. The maximum Gasteiger partial charge on any atom is 0.173 e. The molecule has 2 nitrogen and oxygen atoms in total. The monoisotopic (exact) mass is 240 g/mol. The minimum atomic E-state index is 0.00381. The van der Waals surface area contributed by atoms with Crippen LogP contribution in [0.3, 0.4) is 0 Å². The van der Waals surface area contributed by atoms with Crippen molar-refractivity contribution < 1.29 is 9.53 Å². The molecule has 0 fully saturated rings. The number of methoxy groups -OCH3 is 1. The Bertz CT molecular complexity index is 531. The Morgan fingerprint density at radius 2 is 2.20 bits per heavy atom. The number of fused-ring (bicyclic) bond motifs is 1. The number of carbonyl (C=O) groups is 1. The molecule has 2 rings (SSSR count). The van der Waals surface area contributed by atoms with E-state index in [0.717, 1.165) is 10.1 Å². The van der Waals surface area contributed by atoms with Crippen molar-refractivity contribution in [3.63, 3.8) is 0 Å². The highest BCUT2D eigenvalue weighted by atomic mass is 35.5. The molecule has 0 aliphatic rings. The maximum absolute atomic E-state index is 11.4. The first kappa shape index (κ1) is 10.5. The quantitative estimate of drug-likeness (QED) is 0.747. The molecule has 0 radical (unpaired) electrons. The Hall–Kier alpha value is -1.06. The van der Waals surface area contributed by atoms with E-state index in [-0.39, 0.29) is 5.78 Å². The van der Waals surface area contributed by atoms with Gasteiger partial charge < -0.3 is 4.74 Å². The van der Waals surface area contributed by atoms with Crippen LogP contribution in [0, 0.1) is 0 Å². The summed E-state index contributed by atoms with van der Waals surface area (Å²) in [5.74, 6) is 0.633. The fourth-order valence-corrected chi connectivity index (χ4v) is 2.86. The summed E-state index contributed by atoms with van der Waals surface area (Å²) in [4.78, 5) is 12.0. The van der Waals surface area contributed by atoms with Crippen molar-refractivity contribution in [3.05, 3.63) is 28.1 Å². The highest BCUT2D eigenvalue weighted by Gasteiger charge is 2.17. The van der Waals surface area contributed by atoms with Crippen LogP contribution in [-0.4, -0.2) is 12.9 Å². The molecule has 0 atom stereocenters. The van der Waals surface area contributed by atoms with E-state index in [1.807, 2.05) is 18.2 Å². The van der Waals surface area contributed by atoms with E-state index >= 15 is 0 Å². The Kier molecular flexibility index (Phi) is 2.67. The molecule has 0 aliphatic carbocycles. The molecule has 0 bridgehead atoms. The van der Waals surface area contributed by atoms with Crippen LogP contribution in [0.5, 0.6) is 5.75 Å². The lowest BCUT2D eigenvalue weighted by Crippen LogP contribution is -1.91. The van der Waals surface area contributed by atoms with Gasteiger partial charge >= 0.3 is 0 Å². The predicted molar refractivity (Wildman–Crippen MR) is 63.4 cm³/mol. The molecule has 15 heavy (non-hydrogen) atoms. The smallest absolute Gasteiger partial charge is 0.173 e. The van der Waals surface area contributed by atoms with E-state index in [2.05, 4.69) is 0 Å². The van der Waals surface area contributed by atoms with Crippen molar-refractivity contribution >= 4 is 38.8 Å². The summed E-state index contributed by atoms with van der Waals surface area (Å²) in [5, 5.41) is 1.56. The van der Waals surface area contributed by atoms with Gasteiger partial charge in [-0.1, -0.05) is 17.7 Å². The average Bonchev–Trinajstić information content (AvgIpc) is 2.57. The summed E-state index contributed by atoms with van der Waals surface area (Å²) in [5.41, 5.74) is 0. The number of thiophene rings is 1. The van der Waals surface area contributed by atoms with E-state index in [0.29, 0.717) is 15.6 Å². The first-order valence-corrected chi connectivity index (χ1v) is 5.60. The molecule has 0 saturated carbocycles. The van der Waals surface area contributed by atoms with Crippen molar-refractivity contribution in [1.82, 2.24) is 0 Å². The van der Waals surface area contributed by atoms with Crippen molar-refractivity contribution in [2.45, 2.75) is 6.92 Å². The Balaban J connectivity index is 2.84. The van der Waals surface area contributed by atoms with E-state index in [9.17, 15) is 4.79 Å².